The molecule has 0 bridgehead atoms. The average molecular weight is 370 g/mol. The van der Waals surface area contributed by atoms with Gasteiger partial charge in [0.1, 0.15) is 18.1 Å². The Kier molecular flexibility index (Phi) is 6.43. The topological polar surface area (TPSA) is 42.0 Å². The molecule has 1 amide bonds. The summed E-state index contributed by atoms with van der Waals surface area (Å²) < 4.78 is 11.3. The third-order valence-electron chi connectivity index (χ3n) is 5.66. The van der Waals surface area contributed by atoms with Crippen LogP contribution in [0.4, 0.5) is 0 Å². The van der Waals surface area contributed by atoms with Gasteiger partial charge in [0.2, 0.25) is 6.41 Å². The van der Waals surface area contributed by atoms with E-state index in [1.807, 2.05) is 17.0 Å². The van der Waals surface area contributed by atoms with Crippen molar-refractivity contribution in [2.75, 3.05) is 39.9 Å². The Morgan fingerprint density at radius 3 is 2.74 bits per heavy atom. The first-order valence-corrected chi connectivity index (χ1v) is 9.75. The first kappa shape index (κ1) is 19.3. The zero-order valence-electron chi connectivity index (χ0n) is 16.4. The van der Waals surface area contributed by atoms with Gasteiger partial charge in [-0.05, 0) is 55.9 Å². The number of ether oxygens (including phenoxy) is 2. The Balaban J connectivity index is 1.78. The van der Waals surface area contributed by atoms with Gasteiger partial charge in [0, 0.05) is 25.2 Å². The number of allylic oxidation sites excluding steroid dienone is 1. The van der Waals surface area contributed by atoms with Crippen LogP contribution in [0.15, 0.2) is 36.6 Å². The van der Waals surface area contributed by atoms with Crippen LogP contribution < -0.4 is 4.74 Å². The van der Waals surface area contributed by atoms with Gasteiger partial charge in [-0.3, -0.25) is 4.79 Å². The first-order valence-electron chi connectivity index (χ1n) is 9.75. The van der Waals surface area contributed by atoms with Gasteiger partial charge in [0.05, 0.1) is 19.4 Å². The lowest BCUT2D eigenvalue weighted by molar-refractivity contribution is -0.119. The highest BCUT2D eigenvalue weighted by atomic mass is 16.5. The standard InChI is InChI=1S/C22H30N2O3/c1-4-21-22(20-15-19(26-3)6-5-17(20)2)24(13-14-27-21)12-9-18-7-10-23(16-25)11-8-18/h4-6,15-16,18H,1,7-14H2,2-3H3. The molecule has 2 heterocycles. The number of methoxy groups -OCH3 is 1. The van der Waals surface area contributed by atoms with Crippen molar-refractivity contribution in [3.05, 3.63) is 47.7 Å². The molecule has 5 heteroatoms. The van der Waals surface area contributed by atoms with Crippen molar-refractivity contribution in [1.29, 1.82) is 0 Å². The molecule has 2 aliphatic rings. The van der Waals surface area contributed by atoms with Crippen LogP contribution in [0.3, 0.4) is 0 Å². The highest BCUT2D eigenvalue weighted by molar-refractivity contribution is 5.72. The van der Waals surface area contributed by atoms with E-state index >= 15 is 0 Å². The van der Waals surface area contributed by atoms with Crippen LogP contribution in [-0.4, -0.2) is 56.1 Å². The van der Waals surface area contributed by atoms with Crippen molar-refractivity contribution in [1.82, 2.24) is 9.80 Å². The molecule has 1 aromatic rings. The summed E-state index contributed by atoms with van der Waals surface area (Å²) in [6.07, 6.45) is 6.09. The Morgan fingerprint density at radius 1 is 1.30 bits per heavy atom. The average Bonchev–Trinajstić information content (AvgIpc) is 2.72. The largest absolute Gasteiger partial charge is 0.497 e. The van der Waals surface area contributed by atoms with Crippen LogP contribution in [-0.2, 0) is 9.53 Å². The molecule has 1 aromatic carbocycles. The fourth-order valence-electron chi connectivity index (χ4n) is 3.95. The van der Waals surface area contributed by atoms with E-state index in [1.165, 1.54) is 5.56 Å². The summed E-state index contributed by atoms with van der Waals surface area (Å²) in [7, 11) is 1.69. The molecule has 3 rings (SSSR count). The maximum absolute atomic E-state index is 10.9. The van der Waals surface area contributed by atoms with Gasteiger partial charge in [-0.25, -0.2) is 0 Å². The lowest BCUT2D eigenvalue weighted by atomic mass is 9.93. The number of likely N-dealkylation sites (tertiary alicyclic amines) is 1. The van der Waals surface area contributed by atoms with Crippen molar-refractivity contribution < 1.29 is 14.3 Å². The van der Waals surface area contributed by atoms with E-state index in [-0.39, 0.29) is 0 Å². The zero-order chi connectivity index (χ0) is 19.2. The lowest BCUT2D eigenvalue weighted by Gasteiger charge is -2.36. The van der Waals surface area contributed by atoms with Crippen molar-refractivity contribution in [3.8, 4) is 5.75 Å². The summed E-state index contributed by atoms with van der Waals surface area (Å²) in [5.41, 5.74) is 3.44. The minimum absolute atomic E-state index is 0.670. The van der Waals surface area contributed by atoms with E-state index in [4.69, 9.17) is 9.47 Å². The number of hydrogen-bond donors (Lipinski definition) is 0. The molecule has 0 aromatic heterocycles. The van der Waals surface area contributed by atoms with Crippen molar-refractivity contribution >= 4 is 12.1 Å². The fraction of sp³-hybridized carbons (Fsp3) is 0.500. The van der Waals surface area contributed by atoms with Crippen molar-refractivity contribution in [3.63, 3.8) is 0 Å². The number of carbonyl (C=O) groups is 1. The quantitative estimate of drug-likeness (QED) is 0.690. The minimum Gasteiger partial charge on any atom is -0.497 e. The van der Waals surface area contributed by atoms with Crippen molar-refractivity contribution in [2.45, 2.75) is 26.2 Å². The molecular weight excluding hydrogens is 340 g/mol. The first-order chi connectivity index (χ1) is 13.2. The van der Waals surface area contributed by atoms with Gasteiger partial charge in [0.25, 0.3) is 0 Å². The predicted molar refractivity (Wildman–Crippen MR) is 107 cm³/mol. The Bertz CT molecular complexity index is 706. The molecule has 0 atom stereocenters. The molecule has 0 spiro atoms. The molecule has 27 heavy (non-hydrogen) atoms. The van der Waals surface area contributed by atoms with Gasteiger partial charge in [-0.15, -0.1) is 0 Å². The Hall–Kier alpha value is -2.43. The lowest BCUT2D eigenvalue weighted by Crippen LogP contribution is -2.36. The van der Waals surface area contributed by atoms with Crippen LogP contribution in [0.2, 0.25) is 0 Å². The molecule has 146 valence electrons. The highest BCUT2D eigenvalue weighted by Gasteiger charge is 2.25. The van der Waals surface area contributed by atoms with E-state index in [2.05, 4.69) is 30.5 Å². The maximum Gasteiger partial charge on any atom is 0.209 e. The van der Waals surface area contributed by atoms with E-state index in [0.29, 0.717) is 12.5 Å². The molecule has 0 radical (unpaired) electrons. The highest BCUT2D eigenvalue weighted by Crippen LogP contribution is 2.33. The van der Waals surface area contributed by atoms with Crippen LogP contribution >= 0.6 is 0 Å². The van der Waals surface area contributed by atoms with Gasteiger partial charge < -0.3 is 19.3 Å². The van der Waals surface area contributed by atoms with Gasteiger partial charge in [-0.2, -0.15) is 0 Å². The number of piperidine rings is 1. The number of rotatable bonds is 7. The molecule has 1 fully saturated rings. The smallest absolute Gasteiger partial charge is 0.209 e. The summed E-state index contributed by atoms with van der Waals surface area (Å²) >= 11 is 0. The van der Waals surface area contributed by atoms with Crippen molar-refractivity contribution in [2.24, 2.45) is 5.92 Å². The van der Waals surface area contributed by atoms with Gasteiger partial charge >= 0.3 is 0 Å². The summed E-state index contributed by atoms with van der Waals surface area (Å²) in [6.45, 7) is 10.4. The molecule has 5 nitrogen and oxygen atoms in total. The third-order valence-corrected chi connectivity index (χ3v) is 5.66. The zero-order valence-corrected chi connectivity index (χ0v) is 16.4. The summed E-state index contributed by atoms with van der Waals surface area (Å²) in [6, 6.07) is 6.16. The number of hydrogen-bond acceptors (Lipinski definition) is 4. The molecule has 2 aliphatic heterocycles. The number of aryl methyl sites for hydroxylation is 1. The number of amides is 1. The minimum atomic E-state index is 0.670. The second-order valence-electron chi connectivity index (χ2n) is 7.31. The van der Waals surface area contributed by atoms with E-state index in [9.17, 15) is 4.79 Å². The van der Waals surface area contributed by atoms with Gasteiger partial charge in [-0.1, -0.05) is 12.6 Å². The molecule has 1 saturated heterocycles. The number of carbonyl (C=O) groups excluding carboxylic acids is 1. The molecule has 0 unspecified atom stereocenters. The predicted octanol–water partition coefficient (Wildman–Crippen LogP) is 3.45. The second kappa shape index (κ2) is 8.98. The van der Waals surface area contributed by atoms with Crippen LogP contribution in [0.5, 0.6) is 5.75 Å². The van der Waals surface area contributed by atoms with E-state index in [1.54, 1.807) is 7.11 Å². The molecule has 0 aliphatic carbocycles. The van der Waals surface area contributed by atoms with E-state index in [0.717, 1.165) is 74.6 Å². The second-order valence-corrected chi connectivity index (χ2v) is 7.31. The SMILES string of the molecule is C=CC1=C(c2cc(OC)ccc2C)N(CCC2CCN(C=O)CC2)CCO1. The Labute approximate surface area is 162 Å². The maximum atomic E-state index is 10.9. The van der Waals surface area contributed by atoms with E-state index < -0.39 is 0 Å². The van der Waals surface area contributed by atoms with Gasteiger partial charge in [0.15, 0.2) is 0 Å². The molecular formula is C22H30N2O3. The normalized spacial score (nSPS) is 18.3. The molecule has 0 saturated carbocycles. The Morgan fingerprint density at radius 2 is 2.07 bits per heavy atom. The number of benzene rings is 1. The summed E-state index contributed by atoms with van der Waals surface area (Å²) in [4.78, 5) is 15.2. The number of nitrogens with zero attached hydrogens (tertiary/aromatic N) is 2. The van der Waals surface area contributed by atoms with Crippen LogP contribution in [0, 0.1) is 12.8 Å². The summed E-state index contributed by atoms with van der Waals surface area (Å²) in [5, 5.41) is 0. The van der Waals surface area contributed by atoms with Crippen LogP contribution in [0.1, 0.15) is 30.4 Å². The summed E-state index contributed by atoms with van der Waals surface area (Å²) in [5.74, 6) is 2.36. The molecule has 0 N–H and O–H groups in total. The third kappa shape index (κ3) is 4.46. The van der Waals surface area contributed by atoms with Crippen LogP contribution in [0.25, 0.3) is 5.70 Å². The fourth-order valence-corrected chi connectivity index (χ4v) is 3.95. The monoisotopic (exact) mass is 370 g/mol.